The molecule has 1 heterocycles. The van der Waals surface area contributed by atoms with Crippen LogP contribution in [0.1, 0.15) is 55.2 Å². The highest BCUT2D eigenvalue weighted by molar-refractivity contribution is 7.89. The van der Waals surface area contributed by atoms with E-state index in [4.69, 9.17) is 5.41 Å². The highest BCUT2D eigenvalue weighted by Gasteiger charge is 2.34. The molecule has 0 aromatic heterocycles. The van der Waals surface area contributed by atoms with Crippen molar-refractivity contribution < 1.29 is 39.9 Å². The summed E-state index contributed by atoms with van der Waals surface area (Å²) in [6.45, 7) is 4.42. The lowest BCUT2D eigenvalue weighted by Crippen LogP contribution is -2.53. The van der Waals surface area contributed by atoms with E-state index in [0.29, 0.717) is 54.6 Å². The van der Waals surface area contributed by atoms with Gasteiger partial charge in [-0.15, -0.1) is 13.2 Å². The van der Waals surface area contributed by atoms with Crippen molar-refractivity contribution in [3.63, 3.8) is 0 Å². The Labute approximate surface area is 276 Å². The van der Waals surface area contributed by atoms with Gasteiger partial charge in [-0.1, -0.05) is 25.1 Å². The van der Waals surface area contributed by atoms with Crippen LogP contribution in [0, 0.1) is 24.0 Å². The van der Waals surface area contributed by atoms with Gasteiger partial charge in [0.2, 0.25) is 15.9 Å². The average molecular weight is 693 g/mol. The van der Waals surface area contributed by atoms with Crippen molar-refractivity contribution in [2.24, 2.45) is 0 Å². The van der Waals surface area contributed by atoms with Crippen molar-refractivity contribution in [2.75, 3.05) is 19.6 Å². The Morgan fingerprint density at radius 2 is 1.75 bits per heavy atom. The minimum Gasteiger partial charge on any atom is -0.406 e. The number of nitrogens with zero attached hydrogens (tertiary/aromatic N) is 1. The summed E-state index contributed by atoms with van der Waals surface area (Å²) in [6, 6.07) is 13.6. The molecule has 1 saturated heterocycles. The molecule has 48 heavy (non-hydrogen) atoms. The van der Waals surface area contributed by atoms with Crippen molar-refractivity contribution in [3.8, 4) is 5.75 Å². The highest BCUT2D eigenvalue weighted by Crippen LogP contribution is 2.31. The largest absolute Gasteiger partial charge is 0.573 e. The van der Waals surface area contributed by atoms with Crippen LogP contribution in [-0.4, -0.2) is 56.9 Å². The van der Waals surface area contributed by atoms with Crippen LogP contribution in [0.2, 0.25) is 0 Å². The summed E-state index contributed by atoms with van der Waals surface area (Å²) in [7, 11) is -4.07. The quantitative estimate of drug-likeness (QED) is 0.139. The molecular weight excluding hydrogens is 655 g/mol. The number of sulfonamides is 1. The lowest BCUT2D eigenvalue weighted by Gasteiger charge is -2.35. The van der Waals surface area contributed by atoms with Crippen molar-refractivity contribution in [3.05, 3.63) is 106 Å². The number of halogens is 5. The fourth-order valence-corrected chi connectivity index (χ4v) is 7.45. The lowest BCUT2D eigenvalue weighted by atomic mass is 9.87. The number of carbonyl (C=O) groups excluding carboxylic acids is 1. The molecule has 14 heteroatoms. The SMILES string of the molecule is CC/C(CC[C@H]1CNCCN1S(=O)(=O)c1ccc(OC(F)(F)F)cc1)=C(\C=N)NC(=O)C[C@@H](c1ccc(F)cc1)c1cc(C)cc(F)c1. The predicted molar refractivity (Wildman–Crippen MR) is 171 cm³/mol. The Hall–Kier alpha value is -4.14. The minimum atomic E-state index is -4.91. The average Bonchev–Trinajstić information content (AvgIpc) is 3.03. The number of piperazine rings is 1. The molecule has 3 N–H and O–H groups in total. The third kappa shape index (κ3) is 9.70. The standard InChI is InChI=1S/C34H37F5N4O4S/c1-3-23(6-9-28-21-41-14-15-43(28)48(45,46)30-12-10-29(11-13-30)47-34(37,38)39)32(20-40)42-33(44)19-31(24-4-7-26(35)8-5-24)25-16-22(2)17-27(36)18-25/h4-5,7-8,10-13,16-18,20,28,31,40-41H,3,6,9,14-15,19,21H2,1-2H3,(H,42,44)/b32-23-,40-20?/t28-,31-/m0/s1. The summed E-state index contributed by atoms with van der Waals surface area (Å²) < 4.78 is 97.9. The number of hydrogen-bond acceptors (Lipinski definition) is 6. The van der Waals surface area contributed by atoms with E-state index in [-0.39, 0.29) is 23.6 Å². The van der Waals surface area contributed by atoms with Crippen LogP contribution < -0.4 is 15.4 Å². The van der Waals surface area contributed by atoms with Crippen LogP contribution in [0.3, 0.4) is 0 Å². The van der Waals surface area contributed by atoms with E-state index in [9.17, 15) is 35.2 Å². The van der Waals surface area contributed by atoms with Crippen LogP contribution in [0.15, 0.2) is 82.9 Å². The second kappa shape index (κ2) is 15.8. The third-order valence-corrected chi connectivity index (χ3v) is 10.1. The monoisotopic (exact) mass is 692 g/mol. The van der Waals surface area contributed by atoms with Gasteiger partial charge in [0.05, 0.1) is 10.6 Å². The molecule has 0 radical (unpaired) electrons. The van der Waals surface area contributed by atoms with E-state index >= 15 is 0 Å². The lowest BCUT2D eigenvalue weighted by molar-refractivity contribution is -0.274. The van der Waals surface area contributed by atoms with Crippen LogP contribution in [-0.2, 0) is 14.8 Å². The first kappa shape index (κ1) is 36.7. The van der Waals surface area contributed by atoms with Crippen molar-refractivity contribution in [1.29, 1.82) is 5.41 Å². The molecular formula is C34H37F5N4O4S. The number of amides is 1. The number of rotatable bonds is 13. The Morgan fingerprint density at radius 3 is 2.35 bits per heavy atom. The summed E-state index contributed by atoms with van der Waals surface area (Å²) in [5, 5.41) is 14.0. The number of allylic oxidation sites excluding steroid dienone is 2. The Morgan fingerprint density at radius 1 is 1.06 bits per heavy atom. The summed E-state index contributed by atoms with van der Waals surface area (Å²) in [5.41, 5.74) is 2.77. The number of nitrogens with one attached hydrogen (secondary N) is 3. The van der Waals surface area contributed by atoms with Crippen LogP contribution in [0.4, 0.5) is 22.0 Å². The second-order valence-corrected chi connectivity index (χ2v) is 13.4. The van der Waals surface area contributed by atoms with Gasteiger partial charge in [-0.05, 0) is 97.0 Å². The zero-order valence-electron chi connectivity index (χ0n) is 26.4. The molecule has 1 fully saturated rings. The molecule has 1 aliphatic heterocycles. The molecule has 1 amide bonds. The summed E-state index contributed by atoms with van der Waals surface area (Å²) in [6.07, 6.45) is -2.89. The van der Waals surface area contributed by atoms with Crippen LogP contribution >= 0.6 is 0 Å². The second-order valence-electron chi connectivity index (χ2n) is 11.5. The smallest absolute Gasteiger partial charge is 0.406 e. The Kier molecular flexibility index (Phi) is 12.1. The van der Waals surface area contributed by atoms with E-state index < -0.39 is 51.6 Å². The molecule has 258 valence electrons. The van der Waals surface area contributed by atoms with Gasteiger partial charge >= 0.3 is 6.36 Å². The van der Waals surface area contributed by atoms with Gasteiger partial charge in [0, 0.05) is 44.2 Å². The van der Waals surface area contributed by atoms with Crippen molar-refractivity contribution >= 4 is 22.1 Å². The van der Waals surface area contributed by atoms with Gasteiger partial charge in [0.1, 0.15) is 17.4 Å². The molecule has 2 atom stereocenters. The first-order chi connectivity index (χ1) is 22.7. The summed E-state index contributed by atoms with van der Waals surface area (Å²) >= 11 is 0. The van der Waals surface area contributed by atoms with Gasteiger partial charge in [0.15, 0.2) is 0 Å². The van der Waals surface area contributed by atoms with Gasteiger partial charge in [-0.3, -0.25) is 4.79 Å². The molecule has 0 bridgehead atoms. The van der Waals surface area contributed by atoms with E-state index in [1.54, 1.807) is 25.1 Å². The van der Waals surface area contributed by atoms with Crippen molar-refractivity contribution in [2.45, 2.75) is 62.7 Å². The first-order valence-electron chi connectivity index (χ1n) is 15.3. The van der Waals surface area contributed by atoms with Crippen LogP contribution in [0.5, 0.6) is 5.75 Å². The van der Waals surface area contributed by atoms with Gasteiger partial charge in [-0.25, -0.2) is 17.2 Å². The maximum absolute atomic E-state index is 14.3. The summed E-state index contributed by atoms with van der Waals surface area (Å²) in [4.78, 5) is 13.2. The Bertz CT molecular complexity index is 1710. The number of carbonyl (C=O) groups is 1. The van der Waals surface area contributed by atoms with E-state index in [2.05, 4.69) is 15.4 Å². The number of aryl methyl sites for hydroxylation is 1. The van der Waals surface area contributed by atoms with E-state index in [1.807, 2.05) is 6.92 Å². The zero-order chi connectivity index (χ0) is 35.1. The molecule has 8 nitrogen and oxygen atoms in total. The highest BCUT2D eigenvalue weighted by atomic mass is 32.2. The topological polar surface area (TPSA) is 112 Å². The molecule has 0 spiro atoms. The Balaban J connectivity index is 1.50. The van der Waals surface area contributed by atoms with Crippen molar-refractivity contribution in [1.82, 2.24) is 14.9 Å². The fourth-order valence-electron chi connectivity index (χ4n) is 5.80. The van der Waals surface area contributed by atoms with Gasteiger partial charge in [-0.2, -0.15) is 4.31 Å². The molecule has 1 aliphatic rings. The molecule has 0 aliphatic carbocycles. The third-order valence-electron chi connectivity index (χ3n) is 8.09. The molecule has 3 aromatic carbocycles. The number of benzene rings is 3. The summed E-state index contributed by atoms with van der Waals surface area (Å²) in [5.74, 6) is -2.50. The number of ether oxygens (including phenoxy) is 1. The van der Waals surface area contributed by atoms with Gasteiger partial charge < -0.3 is 20.8 Å². The maximum atomic E-state index is 14.3. The maximum Gasteiger partial charge on any atom is 0.573 e. The minimum absolute atomic E-state index is 0.117. The predicted octanol–water partition coefficient (Wildman–Crippen LogP) is 6.57. The molecule has 0 saturated carbocycles. The molecule has 4 rings (SSSR count). The normalized spacial score (nSPS) is 16.9. The van der Waals surface area contributed by atoms with Crippen LogP contribution in [0.25, 0.3) is 0 Å². The fraction of sp³-hybridized carbons (Fsp3) is 0.353. The zero-order valence-corrected chi connectivity index (χ0v) is 27.2. The first-order valence-corrected chi connectivity index (χ1v) is 16.8. The van der Waals surface area contributed by atoms with E-state index in [1.165, 1.54) is 28.6 Å². The number of alkyl halides is 3. The molecule has 0 unspecified atom stereocenters. The molecule has 3 aromatic rings. The van der Waals surface area contributed by atoms with E-state index in [0.717, 1.165) is 30.5 Å². The van der Waals surface area contributed by atoms with Gasteiger partial charge in [0.25, 0.3) is 0 Å². The number of hydrogen-bond donors (Lipinski definition) is 3.